The summed E-state index contributed by atoms with van der Waals surface area (Å²) >= 11 is 0. The first-order valence-corrected chi connectivity index (χ1v) is 12.8. The molecule has 0 fully saturated rings. The smallest absolute Gasteiger partial charge is 0.252 e. The summed E-state index contributed by atoms with van der Waals surface area (Å²) < 4.78 is 1.96. The topological polar surface area (TPSA) is 79.7 Å². The van der Waals surface area contributed by atoms with E-state index in [0.717, 1.165) is 34.3 Å². The predicted molar refractivity (Wildman–Crippen MR) is 145 cm³/mol. The molecule has 36 heavy (non-hydrogen) atoms. The molecular formula is C29H38N6O. The Bertz CT molecular complexity index is 1390. The number of fused-ring (bicyclic) bond motifs is 1. The molecular weight excluding hydrogens is 448 g/mol. The fourth-order valence-corrected chi connectivity index (χ4v) is 4.82. The summed E-state index contributed by atoms with van der Waals surface area (Å²) in [6.45, 7) is 16.1. The second-order valence-corrected chi connectivity index (χ2v) is 10.8. The first-order chi connectivity index (χ1) is 17.1. The summed E-state index contributed by atoms with van der Waals surface area (Å²) in [6.07, 6.45) is 0.900. The molecule has 4 aromatic rings. The zero-order valence-electron chi connectivity index (χ0n) is 22.5. The second-order valence-electron chi connectivity index (χ2n) is 10.8. The van der Waals surface area contributed by atoms with E-state index in [0.29, 0.717) is 13.1 Å². The third-order valence-electron chi connectivity index (χ3n) is 7.45. The van der Waals surface area contributed by atoms with Gasteiger partial charge in [0.2, 0.25) is 0 Å². The van der Waals surface area contributed by atoms with Gasteiger partial charge in [-0.1, -0.05) is 63.2 Å². The first-order valence-electron chi connectivity index (χ1n) is 12.8. The Hall–Kier alpha value is -3.32. The Balaban J connectivity index is 1.82. The number of nitrogens with one attached hydrogen (secondary N) is 1. The minimum atomic E-state index is -0.222. The number of hydrogen-bond acceptors (Lipinski definition) is 5. The number of tetrazole rings is 1. The largest absolute Gasteiger partial charge is 0.321 e. The van der Waals surface area contributed by atoms with Gasteiger partial charge in [0.1, 0.15) is 0 Å². The maximum Gasteiger partial charge on any atom is 0.252 e. The summed E-state index contributed by atoms with van der Waals surface area (Å²) in [7, 11) is 0. The molecule has 2 aromatic heterocycles. The van der Waals surface area contributed by atoms with E-state index < -0.39 is 0 Å². The molecule has 0 aliphatic heterocycles. The number of aryl methyl sites for hydroxylation is 2. The van der Waals surface area contributed by atoms with Gasteiger partial charge in [-0.3, -0.25) is 9.69 Å². The van der Waals surface area contributed by atoms with Crippen molar-refractivity contribution < 1.29 is 0 Å². The van der Waals surface area contributed by atoms with Gasteiger partial charge in [-0.05, 0) is 78.6 Å². The third kappa shape index (κ3) is 5.12. The number of aromatic amines is 1. The van der Waals surface area contributed by atoms with Crippen molar-refractivity contribution in [3.05, 3.63) is 87.0 Å². The lowest BCUT2D eigenvalue weighted by atomic mass is 9.96. The summed E-state index contributed by atoms with van der Waals surface area (Å²) in [6, 6.07) is 16.5. The Morgan fingerprint density at radius 3 is 2.44 bits per heavy atom. The molecule has 2 heterocycles. The molecule has 1 N–H and O–H groups in total. The van der Waals surface area contributed by atoms with Crippen LogP contribution in [0.3, 0.4) is 0 Å². The van der Waals surface area contributed by atoms with Crippen molar-refractivity contribution in [1.29, 1.82) is 0 Å². The molecule has 0 saturated heterocycles. The van der Waals surface area contributed by atoms with Crippen LogP contribution in [0.4, 0.5) is 0 Å². The molecule has 190 valence electrons. The highest BCUT2D eigenvalue weighted by atomic mass is 16.1. The lowest BCUT2D eigenvalue weighted by Crippen LogP contribution is -2.38. The molecule has 1 atom stereocenters. The normalized spacial score (nSPS) is 13.1. The van der Waals surface area contributed by atoms with E-state index in [1.54, 1.807) is 0 Å². The van der Waals surface area contributed by atoms with Crippen LogP contribution in [-0.2, 0) is 18.6 Å². The quantitative estimate of drug-likeness (QED) is 0.329. The Labute approximate surface area is 213 Å². The Morgan fingerprint density at radius 2 is 1.78 bits per heavy atom. The molecule has 0 spiro atoms. The number of H-pyrrole nitrogens is 1. The molecule has 0 unspecified atom stereocenters. The van der Waals surface area contributed by atoms with E-state index >= 15 is 0 Å². The molecule has 0 saturated carbocycles. The number of rotatable bonds is 9. The van der Waals surface area contributed by atoms with Crippen LogP contribution in [0.25, 0.3) is 10.9 Å². The molecule has 7 nitrogen and oxygen atoms in total. The van der Waals surface area contributed by atoms with E-state index in [-0.39, 0.29) is 23.1 Å². The standard InChI is InChI=1S/C29H38N6O/c1-8-29(6,7)35-27(31-32-33-35)26(19(2)3)34(17-22-12-10-9-11-13-22)18-24-16-23-15-14-20(4)21(5)25(23)30-28(24)36/h9-16,19,26H,8,17-18H2,1-7H3,(H,30,36)/t26-/m1/s1. The molecule has 2 aromatic carbocycles. The zero-order chi connectivity index (χ0) is 26.0. The van der Waals surface area contributed by atoms with Crippen LogP contribution in [0, 0.1) is 19.8 Å². The fourth-order valence-electron chi connectivity index (χ4n) is 4.82. The SMILES string of the molecule is CCC(C)(C)n1nnnc1[C@@H](C(C)C)N(Cc1ccccc1)Cc1cc2ccc(C)c(C)c2[nH]c1=O. The van der Waals surface area contributed by atoms with Gasteiger partial charge in [-0.15, -0.1) is 5.10 Å². The Kier molecular flexibility index (Phi) is 7.41. The van der Waals surface area contributed by atoms with Crippen molar-refractivity contribution in [2.24, 2.45) is 5.92 Å². The van der Waals surface area contributed by atoms with Gasteiger partial charge in [0.15, 0.2) is 5.82 Å². The molecule has 0 amide bonds. The highest BCUT2D eigenvalue weighted by Crippen LogP contribution is 2.33. The zero-order valence-corrected chi connectivity index (χ0v) is 22.5. The molecule has 0 radical (unpaired) electrons. The number of nitrogens with zero attached hydrogens (tertiary/aromatic N) is 5. The number of pyridine rings is 1. The maximum atomic E-state index is 13.3. The monoisotopic (exact) mass is 486 g/mol. The van der Waals surface area contributed by atoms with Crippen molar-refractivity contribution in [2.75, 3.05) is 0 Å². The lowest BCUT2D eigenvalue weighted by molar-refractivity contribution is 0.118. The predicted octanol–water partition coefficient (Wildman–Crippen LogP) is 5.68. The van der Waals surface area contributed by atoms with Gasteiger partial charge in [0.25, 0.3) is 5.56 Å². The van der Waals surface area contributed by atoms with Crippen LogP contribution < -0.4 is 5.56 Å². The Morgan fingerprint density at radius 1 is 1.06 bits per heavy atom. The molecule has 4 rings (SSSR count). The van der Waals surface area contributed by atoms with Gasteiger partial charge >= 0.3 is 0 Å². The summed E-state index contributed by atoms with van der Waals surface area (Å²) in [5.41, 5.74) is 4.83. The fraction of sp³-hybridized carbons (Fsp3) is 0.448. The van der Waals surface area contributed by atoms with Crippen LogP contribution >= 0.6 is 0 Å². The summed E-state index contributed by atoms with van der Waals surface area (Å²) in [5.74, 6) is 1.05. The van der Waals surface area contributed by atoms with Gasteiger partial charge in [-0.25, -0.2) is 4.68 Å². The van der Waals surface area contributed by atoms with Crippen LogP contribution in [-0.4, -0.2) is 30.1 Å². The van der Waals surface area contributed by atoms with Gasteiger partial charge in [-0.2, -0.15) is 0 Å². The minimum absolute atomic E-state index is 0.0507. The average molecular weight is 487 g/mol. The van der Waals surface area contributed by atoms with E-state index in [4.69, 9.17) is 0 Å². The van der Waals surface area contributed by atoms with E-state index in [2.05, 4.69) is 110 Å². The van der Waals surface area contributed by atoms with E-state index in [1.807, 2.05) is 16.8 Å². The maximum absolute atomic E-state index is 13.3. The lowest BCUT2D eigenvalue weighted by Gasteiger charge is -2.35. The highest BCUT2D eigenvalue weighted by Gasteiger charge is 2.33. The van der Waals surface area contributed by atoms with Gasteiger partial charge in [0, 0.05) is 18.7 Å². The first kappa shape index (κ1) is 25.8. The minimum Gasteiger partial charge on any atom is -0.321 e. The number of hydrogen-bond donors (Lipinski definition) is 1. The molecule has 0 aliphatic carbocycles. The highest BCUT2D eigenvalue weighted by molar-refractivity contribution is 5.83. The van der Waals surface area contributed by atoms with Gasteiger partial charge in [0.05, 0.1) is 17.1 Å². The molecule has 0 bridgehead atoms. The van der Waals surface area contributed by atoms with Crippen molar-refractivity contribution in [3.63, 3.8) is 0 Å². The summed E-state index contributed by atoms with van der Waals surface area (Å²) in [5, 5.41) is 14.0. The van der Waals surface area contributed by atoms with E-state index in [9.17, 15) is 4.79 Å². The number of aromatic nitrogens is 5. The van der Waals surface area contributed by atoms with E-state index in [1.165, 1.54) is 11.1 Å². The van der Waals surface area contributed by atoms with Gasteiger partial charge < -0.3 is 4.98 Å². The molecule has 7 heteroatoms. The second kappa shape index (κ2) is 10.3. The van der Waals surface area contributed by atoms with Crippen molar-refractivity contribution in [3.8, 4) is 0 Å². The van der Waals surface area contributed by atoms with Crippen LogP contribution in [0.2, 0.25) is 0 Å². The molecule has 0 aliphatic rings. The summed E-state index contributed by atoms with van der Waals surface area (Å²) in [4.78, 5) is 18.8. The average Bonchev–Trinajstić information content (AvgIpc) is 3.33. The van der Waals surface area contributed by atoms with Crippen LogP contribution in [0.1, 0.15) is 75.2 Å². The van der Waals surface area contributed by atoms with Crippen molar-refractivity contribution in [1.82, 2.24) is 30.1 Å². The number of benzene rings is 2. The van der Waals surface area contributed by atoms with Crippen molar-refractivity contribution >= 4 is 10.9 Å². The van der Waals surface area contributed by atoms with Crippen molar-refractivity contribution in [2.45, 2.75) is 79.6 Å². The van der Waals surface area contributed by atoms with Crippen LogP contribution in [0.5, 0.6) is 0 Å². The third-order valence-corrected chi connectivity index (χ3v) is 7.45. The van der Waals surface area contributed by atoms with Crippen LogP contribution in [0.15, 0.2) is 53.3 Å².